The summed E-state index contributed by atoms with van der Waals surface area (Å²) in [4.78, 5) is 6.12. The molecule has 0 aromatic carbocycles. The van der Waals surface area contributed by atoms with Gasteiger partial charge in [-0.1, -0.05) is 0 Å². The van der Waals surface area contributed by atoms with E-state index in [2.05, 4.69) is 15.0 Å². The van der Waals surface area contributed by atoms with Gasteiger partial charge in [-0.3, -0.25) is 9.58 Å². The minimum atomic E-state index is -4.66. The first kappa shape index (κ1) is 22.5. The van der Waals surface area contributed by atoms with E-state index in [1.54, 1.807) is 6.07 Å². The Morgan fingerprint density at radius 2 is 1.88 bits per heavy atom. The molecule has 1 aliphatic heterocycles. The number of nitrogen functional groups attached to an aromatic ring is 1. The molecule has 0 unspecified atom stereocenters. The summed E-state index contributed by atoms with van der Waals surface area (Å²) in [5, 5.41) is 4.24. The fourth-order valence-electron chi connectivity index (χ4n) is 5.64. The third-order valence-electron chi connectivity index (χ3n) is 7.18. The van der Waals surface area contributed by atoms with Crippen LogP contribution in [0.1, 0.15) is 36.4 Å². The highest BCUT2D eigenvalue weighted by Crippen LogP contribution is 2.64. The molecule has 5 rings (SSSR count). The number of fused-ring (bicyclic) bond motifs is 1. The number of anilines is 1. The van der Waals surface area contributed by atoms with Gasteiger partial charge in [0.2, 0.25) is 0 Å². The Kier molecular flexibility index (Phi) is 5.80. The van der Waals surface area contributed by atoms with Crippen LogP contribution in [0.3, 0.4) is 0 Å². The van der Waals surface area contributed by atoms with Crippen molar-refractivity contribution < 1.29 is 26.7 Å². The van der Waals surface area contributed by atoms with Crippen LogP contribution in [0.5, 0.6) is 0 Å². The van der Waals surface area contributed by atoms with Crippen LogP contribution < -0.4 is 5.73 Å². The average molecular weight is 471 g/mol. The van der Waals surface area contributed by atoms with Crippen molar-refractivity contribution in [2.75, 3.05) is 32.0 Å². The molecule has 2 aliphatic carbocycles. The molecular formula is C22H26F5N5O. The van der Waals surface area contributed by atoms with Gasteiger partial charge in [-0.15, -0.1) is 0 Å². The van der Waals surface area contributed by atoms with Gasteiger partial charge in [0, 0.05) is 49.1 Å². The van der Waals surface area contributed by atoms with Crippen molar-refractivity contribution >= 4 is 5.82 Å². The molecule has 2 aromatic heterocycles. The number of pyridine rings is 1. The van der Waals surface area contributed by atoms with Crippen molar-refractivity contribution in [1.82, 2.24) is 19.7 Å². The third-order valence-corrected chi connectivity index (χ3v) is 7.18. The van der Waals surface area contributed by atoms with Crippen LogP contribution in [0.4, 0.5) is 27.8 Å². The van der Waals surface area contributed by atoms with Crippen LogP contribution in [-0.2, 0) is 17.5 Å². The SMILES string of the molecule is Nc1ncc(-c2cc([C@H]3[C@@H]4C[C@@H](N5CCCOCC5)C[C@@H]43)n(CC(F)F)n2)cc1C(F)(F)F. The van der Waals surface area contributed by atoms with E-state index in [1.165, 1.54) is 10.9 Å². The first-order chi connectivity index (χ1) is 15.7. The molecule has 6 nitrogen and oxygen atoms in total. The molecule has 0 amide bonds. The summed E-state index contributed by atoms with van der Waals surface area (Å²) in [6.07, 6.45) is -3.08. The summed E-state index contributed by atoms with van der Waals surface area (Å²) >= 11 is 0. The Morgan fingerprint density at radius 1 is 1.12 bits per heavy atom. The normalized spacial score (nSPS) is 28.2. The number of hydrogen-bond acceptors (Lipinski definition) is 5. The standard InChI is InChI=1S/C22H26F5N5O/c23-19(24)11-32-18(9-17(30-32)12-6-16(22(25,26)27)21(28)29-10-12)20-14-7-13(8-15(14)20)31-2-1-4-33-5-3-31/h6,9-10,13-15,19-20H,1-5,7-8,11H2,(H2,28,29)/t13-,14-,15+,20+. The van der Waals surface area contributed by atoms with Crippen LogP contribution in [0.15, 0.2) is 18.3 Å². The first-order valence-electron chi connectivity index (χ1n) is 11.2. The lowest BCUT2D eigenvalue weighted by Gasteiger charge is -2.28. The Labute approximate surface area is 187 Å². The van der Waals surface area contributed by atoms with E-state index in [4.69, 9.17) is 10.5 Å². The summed E-state index contributed by atoms with van der Waals surface area (Å²) in [6.45, 7) is 2.84. The summed E-state index contributed by atoms with van der Waals surface area (Å²) in [6, 6.07) is 3.00. The highest BCUT2D eigenvalue weighted by atomic mass is 19.4. The zero-order valence-electron chi connectivity index (χ0n) is 17.9. The number of hydrogen-bond donors (Lipinski definition) is 1. The van der Waals surface area contributed by atoms with E-state index in [9.17, 15) is 22.0 Å². The van der Waals surface area contributed by atoms with Gasteiger partial charge in [0.25, 0.3) is 6.43 Å². The van der Waals surface area contributed by atoms with Crippen molar-refractivity contribution in [2.24, 2.45) is 11.8 Å². The molecule has 0 spiro atoms. The lowest BCUT2D eigenvalue weighted by atomic mass is 10.0. The van der Waals surface area contributed by atoms with Crippen molar-refractivity contribution in [3.05, 3.63) is 29.6 Å². The molecule has 2 aromatic rings. The number of nitrogens with two attached hydrogens (primary N) is 1. The maximum absolute atomic E-state index is 13.3. The van der Waals surface area contributed by atoms with Crippen LogP contribution in [-0.4, -0.2) is 58.4 Å². The van der Waals surface area contributed by atoms with Gasteiger partial charge in [0.05, 0.1) is 17.9 Å². The largest absolute Gasteiger partial charge is 0.419 e. The van der Waals surface area contributed by atoms with Crippen LogP contribution in [0.2, 0.25) is 0 Å². The molecular weight excluding hydrogens is 445 g/mol. The zero-order chi connectivity index (χ0) is 23.3. The molecule has 33 heavy (non-hydrogen) atoms. The number of ether oxygens (including phenoxy) is 1. The van der Waals surface area contributed by atoms with Gasteiger partial charge in [-0.05, 0) is 43.2 Å². The predicted molar refractivity (Wildman–Crippen MR) is 111 cm³/mol. The van der Waals surface area contributed by atoms with Crippen LogP contribution in [0, 0.1) is 11.8 Å². The molecule has 3 heterocycles. The Morgan fingerprint density at radius 3 is 2.58 bits per heavy atom. The van der Waals surface area contributed by atoms with Gasteiger partial charge < -0.3 is 10.5 Å². The highest BCUT2D eigenvalue weighted by Gasteiger charge is 2.58. The molecule has 0 radical (unpaired) electrons. The average Bonchev–Trinajstić information content (AvgIpc) is 3.13. The highest BCUT2D eigenvalue weighted by molar-refractivity contribution is 5.63. The maximum atomic E-state index is 13.3. The predicted octanol–water partition coefficient (Wildman–Crippen LogP) is 4.03. The van der Waals surface area contributed by atoms with Gasteiger partial charge in [0.1, 0.15) is 12.4 Å². The minimum Gasteiger partial charge on any atom is -0.383 e. The number of halogens is 5. The second kappa shape index (κ2) is 8.50. The number of rotatable bonds is 5. The quantitative estimate of drug-likeness (QED) is 0.667. The van der Waals surface area contributed by atoms with Gasteiger partial charge in [0.15, 0.2) is 0 Å². The third kappa shape index (κ3) is 4.44. The van der Waals surface area contributed by atoms with E-state index in [0.29, 0.717) is 23.6 Å². The molecule has 180 valence electrons. The van der Waals surface area contributed by atoms with Crippen molar-refractivity contribution in [3.63, 3.8) is 0 Å². The van der Waals surface area contributed by atoms with E-state index in [1.807, 2.05) is 0 Å². The fourth-order valence-corrected chi connectivity index (χ4v) is 5.64. The van der Waals surface area contributed by atoms with Crippen molar-refractivity contribution in [3.8, 4) is 11.3 Å². The number of alkyl halides is 5. The molecule has 11 heteroatoms. The molecule has 0 bridgehead atoms. The summed E-state index contributed by atoms with van der Waals surface area (Å²) in [5.41, 5.74) is 5.32. The molecule has 3 aliphatic rings. The number of nitrogens with zero attached hydrogens (tertiary/aromatic N) is 4. The van der Waals surface area contributed by atoms with Crippen LogP contribution >= 0.6 is 0 Å². The van der Waals surface area contributed by atoms with Crippen molar-refractivity contribution in [1.29, 1.82) is 0 Å². The molecule has 3 fully saturated rings. The van der Waals surface area contributed by atoms with Gasteiger partial charge in [-0.25, -0.2) is 13.8 Å². The molecule has 2 saturated carbocycles. The van der Waals surface area contributed by atoms with Crippen molar-refractivity contribution in [2.45, 2.75) is 50.4 Å². The molecule has 4 atom stereocenters. The lowest BCUT2D eigenvalue weighted by molar-refractivity contribution is -0.137. The minimum absolute atomic E-state index is 0.105. The smallest absolute Gasteiger partial charge is 0.383 e. The number of aromatic nitrogens is 3. The summed E-state index contributed by atoms with van der Waals surface area (Å²) in [5.74, 6) is 0.249. The Balaban J connectivity index is 1.37. The Bertz CT molecular complexity index is 990. The monoisotopic (exact) mass is 471 g/mol. The topological polar surface area (TPSA) is 69.2 Å². The molecule has 2 N–H and O–H groups in total. The molecule has 1 saturated heterocycles. The van der Waals surface area contributed by atoms with E-state index in [0.717, 1.165) is 51.6 Å². The van der Waals surface area contributed by atoms with Gasteiger partial charge in [-0.2, -0.15) is 18.3 Å². The van der Waals surface area contributed by atoms with E-state index in [-0.39, 0.29) is 17.2 Å². The summed E-state index contributed by atoms with van der Waals surface area (Å²) in [7, 11) is 0. The Hall–Kier alpha value is -2.27. The lowest BCUT2D eigenvalue weighted by Crippen LogP contribution is -2.36. The second-order valence-corrected chi connectivity index (χ2v) is 9.16. The van der Waals surface area contributed by atoms with E-state index >= 15 is 0 Å². The first-order valence-corrected chi connectivity index (χ1v) is 11.2. The second-order valence-electron chi connectivity index (χ2n) is 9.16. The summed E-state index contributed by atoms with van der Waals surface area (Å²) < 4.78 is 73.1. The van der Waals surface area contributed by atoms with Crippen LogP contribution in [0.25, 0.3) is 11.3 Å². The van der Waals surface area contributed by atoms with E-state index < -0.39 is 30.5 Å². The maximum Gasteiger partial charge on any atom is 0.419 e. The fraction of sp³-hybridized carbons (Fsp3) is 0.636. The zero-order valence-corrected chi connectivity index (χ0v) is 17.9. The van der Waals surface area contributed by atoms with Gasteiger partial charge >= 0.3 is 6.18 Å².